The lowest BCUT2D eigenvalue weighted by atomic mass is 10.1. The van der Waals surface area contributed by atoms with Crippen LogP contribution < -0.4 is 5.32 Å². The predicted octanol–water partition coefficient (Wildman–Crippen LogP) is 1.50. The molecule has 106 valence electrons. The molecule has 3 aromatic rings. The Morgan fingerprint density at radius 1 is 1.33 bits per heavy atom. The summed E-state index contributed by atoms with van der Waals surface area (Å²) in [5.41, 5.74) is 3.18. The predicted molar refractivity (Wildman–Crippen MR) is 78.0 cm³/mol. The lowest BCUT2D eigenvalue weighted by Gasteiger charge is -2.19. The molecule has 1 aromatic carbocycles. The number of aliphatic hydroxyl groups excluding tert-OH is 1. The van der Waals surface area contributed by atoms with Crippen LogP contribution in [0, 0.1) is 6.92 Å². The van der Waals surface area contributed by atoms with Gasteiger partial charge in [0.05, 0.1) is 12.1 Å². The van der Waals surface area contributed by atoms with Crippen molar-refractivity contribution in [2.24, 2.45) is 0 Å². The highest BCUT2D eigenvalue weighted by molar-refractivity contribution is 5.49. The van der Waals surface area contributed by atoms with Gasteiger partial charge in [0.15, 0.2) is 0 Å². The van der Waals surface area contributed by atoms with Crippen LogP contribution in [0.5, 0.6) is 0 Å². The molecule has 2 N–H and O–H groups in total. The summed E-state index contributed by atoms with van der Waals surface area (Å²) in [4.78, 5) is 8.44. The van der Waals surface area contributed by atoms with E-state index in [0.717, 1.165) is 17.1 Å². The van der Waals surface area contributed by atoms with E-state index in [-0.39, 0.29) is 6.04 Å². The molecule has 0 saturated heterocycles. The van der Waals surface area contributed by atoms with Gasteiger partial charge in [0.1, 0.15) is 12.1 Å². The Balaban J connectivity index is 1.77. The van der Waals surface area contributed by atoms with Crippen LogP contribution in [0.1, 0.15) is 22.9 Å². The number of rotatable bonds is 2. The molecule has 0 aliphatic heterocycles. The zero-order chi connectivity index (χ0) is 14.4. The SMILES string of the molecule is Cc1cc(N[C@@H]2c3ccccc3C[C@@H]2O)n2ncnc2n1. The normalized spacial score (nSPS) is 20.7. The van der Waals surface area contributed by atoms with Gasteiger partial charge in [-0.15, -0.1) is 0 Å². The van der Waals surface area contributed by atoms with Gasteiger partial charge in [-0.2, -0.15) is 14.6 Å². The Hall–Kier alpha value is -2.47. The maximum atomic E-state index is 10.3. The largest absolute Gasteiger partial charge is 0.390 e. The first kappa shape index (κ1) is 12.3. The molecule has 21 heavy (non-hydrogen) atoms. The number of nitrogens with zero attached hydrogens (tertiary/aromatic N) is 4. The minimum Gasteiger partial charge on any atom is -0.390 e. The summed E-state index contributed by atoms with van der Waals surface area (Å²) in [6.07, 6.45) is 1.69. The van der Waals surface area contributed by atoms with E-state index in [0.29, 0.717) is 12.2 Å². The standard InChI is InChI=1S/C15H15N5O/c1-9-6-13(20-15(18-9)16-8-17-20)19-14-11-5-3-2-4-10(11)7-12(14)21/h2-6,8,12,14,19,21H,7H2,1H3/t12-,14+/m0/s1. The molecule has 0 bridgehead atoms. The molecule has 1 aliphatic carbocycles. The van der Waals surface area contributed by atoms with E-state index in [4.69, 9.17) is 0 Å². The lowest BCUT2D eigenvalue weighted by molar-refractivity contribution is 0.165. The van der Waals surface area contributed by atoms with Crippen LogP contribution in [0.4, 0.5) is 5.82 Å². The molecule has 0 spiro atoms. The summed E-state index contributed by atoms with van der Waals surface area (Å²) in [5.74, 6) is 1.34. The average Bonchev–Trinajstić information content (AvgIpc) is 3.04. The number of hydrogen-bond acceptors (Lipinski definition) is 5. The number of nitrogens with one attached hydrogen (secondary N) is 1. The van der Waals surface area contributed by atoms with Crippen molar-refractivity contribution < 1.29 is 5.11 Å². The van der Waals surface area contributed by atoms with Crippen LogP contribution in [0.2, 0.25) is 0 Å². The van der Waals surface area contributed by atoms with Crippen molar-refractivity contribution in [3.8, 4) is 0 Å². The monoisotopic (exact) mass is 281 g/mol. The van der Waals surface area contributed by atoms with Crippen molar-refractivity contribution >= 4 is 11.6 Å². The first-order valence-electron chi connectivity index (χ1n) is 6.92. The fourth-order valence-corrected chi connectivity index (χ4v) is 2.94. The highest BCUT2D eigenvalue weighted by atomic mass is 16.3. The Bertz CT molecular complexity index is 813. The van der Waals surface area contributed by atoms with Crippen LogP contribution in [0.15, 0.2) is 36.7 Å². The molecule has 0 amide bonds. The third-order valence-electron chi connectivity index (χ3n) is 3.89. The molecule has 2 aromatic heterocycles. The quantitative estimate of drug-likeness (QED) is 0.744. The molecule has 6 heteroatoms. The van der Waals surface area contributed by atoms with Gasteiger partial charge in [-0.3, -0.25) is 0 Å². The molecule has 2 atom stereocenters. The van der Waals surface area contributed by atoms with E-state index >= 15 is 0 Å². The number of anilines is 1. The summed E-state index contributed by atoms with van der Waals surface area (Å²) in [6.45, 7) is 1.92. The van der Waals surface area contributed by atoms with Crippen molar-refractivity contribution in [3.05, 3.63) is 53.5 Å². The third-order valence-corrected chi connectivity index (χ3v) is 3.89. The van der Waals surface area contributed by atoms with Gasteiger partial charge in [-0.25, -0.2) is 4.98 Å². The summed E-state index contributed by atoms with van der Waals surface area (Å²) in [7, 11) is 0. The van der Waals surface area contributed by atoms with E-state index in [2.05, 4.69) is 32.5 Å². The van der Waals surface area contributed by atoms with Crippen LogP contribution >= 0.6 is 0 Å². The highest BCUT2D eigenvalue weighted by Gasteiger charge is 2.31. The van der Waals surface area contributed by atoms with Crippen LogP contribution in [0.25, 0.3) is 5.78 Å². The Morgan fingerprint density at radius 2 is 2.19 bits per heavy atom. The lowest BCUT2D eigenvalue weighted by Crippen LogP contribution is -2.22. The second-order valence-corrected chi connectivity index (χ2v) is 5.35. The van der Waals surface area contributed by atoms with Gasteiger partial charge >= 0.3 is 0 Å². The minimum atomic E-state index is -0.450. The average molecular weight is 281 g/mol. The van der Waals surface area contributed by atoms with E-state index in [1.807, 2.05) is 25.1 Å². The first-order chi connectivity index (χ1) is 10.2. The molecule has 0 fully saturated rings. The first-order valence-corrected chi connectivity index (χ1v) is 6.92. The third kappa shape index (κ3) is 1.95. The molecular formula is C15H15N5O. The molecule has 6 nitrogen and oxygen atoms in total. The van der Waals surface area contributed by atoms with Gasteiger partial charge in [0.2, 0.25) is 0 Å². The van der Waals surface area contributed by atoms with Gasteiger partial charge in [-0.1, -0.05) is 24.3 Å². The molecule has 1 aliphatic rings. The summed E-state index contributed by atoms with van der Waals surface area (Å²) < 4.78 is 1.65. The van der Waals surface area contributed by atoms with Crippen LogP contribution in [0.3, 0.4) is 0 Å². The number of aliphatic hydroxyl groups is 1. The number of benzene rings is 1. The van der Waals surface area contributed by atoms with E-state index in [1.54, 1.807) is 4.52 Å². The Morgan fingerprint density at radius 3 is 3.10 bits per heavy atom. The summed E-state index contributed by atoms with van der Waals surface area (Å²) in [5, 5.41) is 17.9. The van der Waals surface area contributed by atoms with Crippen molar-refractivity contribution in [2.75, 3.05) is 5.32 Å². The number of hydrogen-bond donors (Lipinski definition) is 2. The smallest absolute Gasteiger partial charge is 0.254 e. The maximum absolute atomic E-state index is 10.3. The van der Waals surface area contributed by atoms with Gasteiger partial charge < -0.3 is 10.4 Å². The van der Waals surface area contributed by atoms with E-state index in [9.17, 15) is 5.11 Å². The van der Waals surface area contributed by atoms with Crippen molar-refractivity contribution in [3.63, 3.8) is 0 Å². The zero-order valence-electron chi connectivity index (χ0n) is 11.6. The van der Waals surface area contributed by atoms with Gasteiger partial charge in [0.25, 0.3) is 5.78 Å². The topological polar surface area (TPSA) is 75.3 Å². The highest BCUT2D eigenvalue weighted by Crippen LogP contribution is 2.34. The molecule has 2 heterocycles. The van der Waals surface area contributed by atoms with Crippen molar-refractivity contribution in [1.29, 1.82) is 0 Å². The molecule has 4 rings (SSSR count). The van der Waals surface area contributed by atoms with Gasteiger partial charge in [-0.05, 0) is 18.1 Å². The second kappa shape index (κ2) is 4.53. The Kier molecular flexibility index (Phi) is 2.65. The van der Waals surface area contributed by atoms with E-state index in [1.165, 1.54) is 11.9 Å². The summed E-state index contributed by atoms with van der Waals surface area (Å²) >= 11 is 0. The Labute approximate surface area is 121 Å². The second-order valence-electron chi connectivity index (χ2n) is 5.35. The van der Waals surface area contributed by atoms with Crippen molar-refractivity contribution in [1.82, 2.24) is 19.6 Å². The van der Waals surface area contributed by atoms with Crippen LogP contribution in [-0.4, -0.2) is 30.8 Å². The molecule has 0 saturated carbocycles. The fourth-order valence-electron chi connectivity index (χ4n) is 2.94. The van der Waals surface area contributed by atoms with Crippen molar-refractivity contribution in [2.45, 2.75) is 25.5 Å². The number of fused-ring (bicyclic) bond motifs is 2. The molecule has 0 radical (unpaired) electrons. The van der Waals surface area contributed by atoms with Gasteiger partial charge in [0, 0.05) is 18.2 Å². The van der Waals surface area contributed by atoms with E-state index < -0.39 is 6.10 Å². The number of aromatic nitrogens is 4. The van der Waals surface area contributed by atoms with Crippen LogP contribution in [-0.2, 0) is 6.42 Å². The zero-order valence-corrected chi connectivity index (χ0v) is 11.6. The minimum absolute atomic E-state index is 0.143. The maximum Gasteiger partial charge on any atom is 0.254 e. The summed E-state index contributed by atoms with van der Waals surface area (Å²) in [6, 6.07) is 9.87. The number of aryl methyl sites for hydroxylation is 1. The fraction of sp³-hybridized carbons (Fsp3) is 0.267. The molecule has 0 unspecified atom stereocenters. The molecular weight excluding hydrogens is 266 g/mol.